The van der Waals surface area contributed by atoms with Crippen molar-refractivity contribution in [3.05, 3.63) is 254 Å². The highest BCUT2D eigenvalue weighted by molar-refractivity contribution is 7.85. The Morgan fingerprint density at radius 3 is 1.31 bits per heavy atom. The van der Waals surface area contributed by atoms with Gasteiger partial charge in [-0.3, -0.25) is 0 Å². The zero-order valence-electron chi connectivity index (χ0n) is 37.8. The van der Waals surface area contributed by atoms with Gasteiger partial charge in [-0.1, -0.05) is 262 Å². The molecule has 5 heteroatoms. The summed E-state index contributed by atoms with van der Waals surface area (Å²) in [6.07, 6.45) is 5.71. The molecule has 0 aliphatic heterocycles. The van der Waals surface area contributed by atoms with Crippen LogP contribution in [0.15, 0.2) is 243 Å². The highest BCUT2D eigenvalue weighted by atomic mass is 31.2. The Hall–Kier alpha value is -7.78. The molecule has 0 unspecified atom stereocenters. The van der Waals surface area contributed by atoms with Gasteiger partial charge in [0.1, 0.15) is 0 Å². The lowest BCUT2D eigenvalue weighted by Gasteiger charge is -2.39. The topological polar surface area (TPSA) is 55.7 Å². The highest BCUT2D eigenvalue weighted by Crippen LogP contribution is 2.47. The summed E-state index contributed by atoms with van der Waals surface area (Å²) in [5, 5.41) is 2.51. The summed E-state index contributed by atoms with van der Waals surface area (Å²) in [6.45, 7) is 0. The second kappa shape index (κ2) is 18.8. The first kappa shape index (κ1) is 42.8. The van der Waals surface area contributed by atoms with Crippen LogP contribution >= 0.6 is 7.14 Å². The first-order chi connectivity index (χ1) is 33.5. The predicted molar refractivity (Wildman–Crippen MR) is 282 cm³/mol. The van der Waals surface area contributed by atoms with E-state index in [0.29, 0.717) is 17.5 Å². The van der Waals surface area contributed by atoms with E-state index < -0.39 is 7.14 Å². The summed E-state index contributed by atoms with van der Waals surface area (Å²) in [6, 6.07) is 84.1. The summed E-state index contributed by atoms with van der Waals surface area (Å²) in [4.78, 5) is 15.6. The number of rotatable bonds is 11. The molecule has 0 atom stereocenters. The van der Waals surface area contributed by atoms with E-state index in [1.54, 1.807) is 0 Å². The van der Waals surface area contributed by atoms with Crippen LogP contribution in [-0.4, -0.2) is 15.0 Å². The summed E-state index contributed by atoms with van der Waals surface area (Å²) in [5.41, 5.74) is 12.1. The molecule has 1 heterocycles. The van der Waals surface area contributed by atoms with Gasteiger partial charge in [0.05, 0.1) is 0 Å². The molecule has 1 saturated carbocycles. The summed E-state index contributed by atoms with van der Waals surface area (Å²) < 4.78 is 15.1. The number of nitrogens with zero attached hydrogens (tertiary/aromatic N) is 3. The van der Waals surface area contributed by atoms with Gasteiger partial charge in [-0.05, 0) is 57.3 Å². The van der Waals surface area contributed by atoms with Crippen molar-refractivity contribution in [1.82, 2.24) is 15.0 Å². The van der Waals surface area contributed by atoms with E-state index in [4.69, 9.17) is 15.0 Å². The zero-order valence-corrected chi connectivity index (χ0v) is 38.7. The molecule has 0 N–H and O–H groups in total. The van der Waals surface area contributed by atoms with E-state index in [0.717, 1.165) is 73.3 Å². The molecule has 1 fully saturated rings. The largest absolute Gasteiger partial charge is 0.309 e. The average molecular weight is 896 g/mol. The van der Waals surface area contributed by atoms with Gasteiger partial charge < -0.3 is 4.57 Å². The lowest BCUT2D eigenvalue weighted by atomic mass is 9.65. The van der Waals surface area contributed by atoms with Gasteiger partial charge >= 0.3 is 0 Å². The fraction of sp³-hybridized carbons (Fsp3) is 0.0952. The second-order valence-electron chi connectivity index (χ2n) is 17.8. The minimum atomic E-state index is -3.07. The van der Waals surface area contributed by atoms with Crippen molar-refractivity contribution in [3.63, 3.8) is 0 Å². The minimum Gasteiger partial charge on any atom is -0.309 e. The van der Waals surface area contributed by atoms with E-state index in [-0.39, 0.29) is 5.41 Å². The third-order valence-electron chi connectivity index (χ3n) is 13.8. The standard InChI is InChI=1S/C63H50N3OP/c67-68(55-25-10-3-11-26-55,56-27-12-4-13-28-56)57-41-37-48(38-42-57)52-23-18-24-54(45-52)63(43-16-5-17-44-63)53-39-35-51(36-40-53)61-64-60(50-33-31-47(32-34-50)46-19-6-1-7-20-46)65-62(66-61)59-30-15-14-29-58(59)49-21-8-2-9-22-49/h1-4,6-15,18-42,45H,5,16-17,43-44H2. The summed E-state index contributed by atoms with van der Waals surface area (Å²) in [7, 11) is -3.07. The Labute approximate surface area is 399 Å². The molecule has 328 valence electrons. The fourth-order valence-electron chi connectivity index (χ4n) is 10.2. The second-order valence-corrected chi connectivity index (χ2v) is 20.6. The van der Waals surface area contributed by atoms with E-state index in [9.17, 15) is 0 Å². The normalized spacial score (nSPS) is 13.5. The number of aromatic nitrogens is 3. The Kier molecular flexibility index (Phi) is 11.9. The average Bonchev–Trinajstić information content (AvgIpc) is 3.44. The van der Waals surface area contributed by atoms with Crippen molar-refractivity contribution in [1.29, 1.82) is 0 Å². The zero-order chi connectivity index (χ0) is 45.8. The van der Waals surface area contributed by atoms with Crippen LogP contribution in [0.5, 0.6) is 0 Å². The van der Waals surface area contributed by atoms with Crippen LogP contribution in [0.1, 0.15) is 43.2 Å². The maximum atomic E-state index is 15.1. The van der Waals surface area contributed by atoms with Gasteiger partial charge in [0.15, 0.2) is 24.6 Å². The molecule has 0 spiro atoms. The van der Waals surface area contributed by atoms with Gasteiger partial charge in [-0.2, -0.15) is 0 Å². The number of benzene rings is 9. The quantitative estimate of drug-likeness (QED) is 0.121. The molecule has 1 aliphatic rings. The van der Waals surface area contributed by atoms with Gasteiger partial charge in [0.25, 0.3) is 0 Å². The number of hydrogen-bond acceptors (Lipinski definition) is 4. The van der Waals surface area contributed by atoms with Crippen molar-refractivity contribution >= 4 is 23.1 Å². The molecule has 0 radical (unpaired) electrons. The van der Waals surface area contributed by atoms with Gasteiger partial charge in [0.2, 0.25) is 0 Å². The van der Waals surface area contributed by atoms with Crippen molar-refractivity contribution < 1.29 is 4.57 Å². The molecular formula is C63H50N3OP. The lowest BCUT2D eigenvalue weighted by Crippen LogP contribution is -2.30. The first-order valence-electron chi connectivity index (χ1n) is 23.7. The van der Waals surface area contributed by atoms with Crippen LogP contribution in [-0.2, 0) is 9.98 Å². The van der Waals surface area contributed by atoms with Crippen molar-refractivity contribution in [3.8, 4) is 67.5 Å². The van der Waals surface area contributed by atoms with Crippen molar-refractivity contribution in [2.45, 2.75) is 37.5 Å². The van der Waals surface area contributed by atoms with Crippen LogP contribution in [0.2, 0.25) is 0 Å². The van der Waals surface area contributed by atoms with E-state index in [1.807, 2.05) is 72.8 Å². The SMILES string of the molecule is O=P(c1ccccc1)(c1ccccc1)c1ccc(-c2cccc(C3(c4ccc(-c5nc(-c6ccc(-c7ccccc7)cc6)nc(-c6ccccc6-c6ccccc6)n5)cc4)CCCCC3)c2)cc1. The monoisotopic (exact) mass is 895 g/mol. The molecule has 0 saturated heterocycles. The third kappa shape index (κ3) is 8.34. The first-order valence-corrected chi connectivity index (χ1v) is 25.4. The summed E-state index contributed by atoms with van der Waals surface area (Å²) in [5.74, 6) is 1.91. The maximum Gasteiger partial charge on any atom is 0.171 e. The Morgan fingerprint density at radius 2 is 0.721 bits per heavy atom. The summed E-state index contributed by atoms with van der Waals surface area (Å²) >= 11 is 0. The number of hydrogen-bond donors (Lipinski definition) is 0. The molecule has 68 heavy (non-hydrogen) atoms. The Bertz CT molecular complexity index is 3310. The molecule has 10 aromatic rings. The van der Waals surface area contributed by atoms with Gasteiger partial charge in [-0.25, -0.2) is 15.0 Å². The molecule has 0 bridgehead atoms. The lowest BCUT2D eigenvalue weighted by molar-refractivity contribution is 0.346. The van der Waals surface area contributed by atoms with Crippen LogP contribution in [0, 0.1) is 0 Å². The third-order valence-corrected chi connectivity index (χ3v) is 16.8. The van der Waals surface area contributed by atoms with Crippen LogP contribution in [0.4, 0.5) is 0 Å². The Balaban J connectivity index is 0.950. The van der Waals surface area contributed by atoms with E-state index in [2.05, 4.69) is 170 Å². The smallest absolute Gasteiger partial charge is 0.171 e. The van der Waals surface area contributed by atoms with Crippen molar-refractivity contribution in [2.24, 2.45) is 0 Å². The minimum absolute atomic E-state index is 0.145. The van der Waals surface area contributed by atoms with Gasteiger partial charge in [0, 0.05) is 38.0 Å². The van der Waals surface area contributed by atoms with Crippen molar-refractivity contribution in [2.75, 3.05) is 0 Å². The van der Waals surface area contributed by atoms with E-state index >= 15 is 4.57 Å². The van der Waals surface area contributed by atoms with E-state index in [1.165, 1.54) is 36.0 Å². The van der Waals surface area contributed by atoms with Crippen LogP contribution in [0.3, 0.4) is 0 Å². The maximum absolute atomic E-state index is 15.1. The Morgan fingerprint density at radius 1 is 0.309 bits per heavy atom. The predicted octanol–water partition coefficient (Wildman–Crippen LogP) is 14.8. The fourth-order valence-corrected chi connectivity index (χ4v) is 12.8. The molecule has 4 nitrogen and oxygen atoms in total. The molecule has 9 aromatic carbocycles. The highest BCUT2D eigenvalue weighted by Gasteiger charge is 2.36. The molecule has 1 aromatic heterocycles. The van der Waals surface area contributed by atoms with Gasteiger partial charge in [-0.15, -0.1) is 0 Å². The van der Waals surface area contributed by atoms with Crippen LogP contribution < -0.4 is 15.9 Å². The molecular weight excluding hydrogens is 846 g/mol. The van der Waals surface area contributed by atoms with Crippen LogP contribution in [0.25, 0.3) is 67.5 Å². The molecule has 1 aliphatic carbocycles. The molecule has 11 rings (SSSR count). The molecule has 0 amide bonds.